The fourth-order valence-corrected chi connectivity index (χ4v) is 6.66. The van der Waals surface area contributed by atoms with Crippen LogP contribution >= 0.6 is 0 Å². The molecule has 3 aliphatic rings. The van der Waals surface area contributed by atoms with Gasteiger partial charge in [0, 0.05) is 29.0 Å². The van der Waals surface area contributed by atoms with Gasteiger partial charge >= 0.3 is 12.1 Å². The molecule has 40 heavy (non-hydrogen) atoms. The van der Waals surface area contributed by atoms with Gasteiger partial charge < -0.3 is 14.7 Å². The highest BCUT2D eigenvalue weighted by Gasteiger charge is 2.57. The predicted octanol–water partition coefficient (Wildman–Crippen LogP) is 6.33. The van der Waals surface area contributed by atoms with Crippen molar-refractivity contribution in [1.29, 1.82) is 0 Å². The van der Waals surface area contributed by atoms with Crippen LogP contribution in [0, 0.1) is 17.2 Å². The highest BCUT2D eigenvalue weighted by Crippen LogP contribution is 2.52. The number of carboxylic acids is 1. The van der Waals surface area contributed by atoms with Crippen LogP contribution in [0.2, 0.25) is 0 Å². The van der Waals surface area contributed by atoms with Crippen LogP contribution in [0.3, 0.4) is 0 Å². The highest BCUT2D eigenvalue weighted by atomic mass is 19.4. The summed E-state index contributed by atoms with van der Waals surface area (Å²) in [7, 11) is 0. The zero-order valence-electron chi connectivity index (χ0n) is 22.4. The van der Waals surface area contributed by atoms with Gasteiger partial charge in [-0.2, -0.15) is 13.2 Å². The Balaban J connectivity index is 1.49. The lowest BCUT2D eigenvalue weighted by atomic mass is 9.68. The SMILES string of the molecule is CC(F)(c1ccc2c(c1)OCC1N(C(=O)[C@H]3CC[C@](C)(C(=O)O)CC3)CCC21Cc1ccc(F)cc1)C(F)(F)F. The lowest BCUT2D eigenvalue weighted by Gasteiger charge is -2.44. The molecule has 2 heterocycles. The molecule has 0 radical (unpaired) electrons. The van der Waals surface area contributed by atoms with Crippen molar-refractivity contribution < 1.29 is 41.4 Å². The van der Waals surface area contributed by atoms with Crippen molar-refractivity contribution >= 4 is 11.9 Å². The maximum Gasteiger partial charge on any atom is 0.426 e. The molecule has 0 spiro atoms. The number of amides is 1. The Kier molecular flexibility index (Phi) is 6.90. The third-order valence-electron chi connectivity index (χ3n) is 9.47. The third-order valence-corrected chi connectivity index (χ3v) is 9.47. The van der Waals surface area contributed by atoms with Crippen molar-refractivity contribution in [3.05, 3.63) is 65.0 Å². The van der Waals surface area contributed by atoms with E-state index in [0.717, 1.165) is 17.7 Å². The lowest BCUT2D eigenvalue weighted by molar-refractivity contribution is -0.228. The quantitative estimate of drug-likeness (QED) is 0.431. The minimum absolute atomic E-state index is 0.0119. The van der Waals surface area contributed by atoms with Crippen molar-refractivity contribution in [2.75, 3.05) is 13.2 Å². The number of benzene rings is 2. The molecule has 0 aromatic heterocycles. The van der Waals surface area contributed by atoms with Gasteiger partial charge in [-0.1, -0.05) is 24.3 Å². The van der Waals surface area contributed by atoms with Crippen LogP contribution in [-0.4, -0.2) is 47.3 Å². The second-order valence-corrected chi connectivity index (χ2v) is 11.9. The van der Waals surface area contributed by atoms with Crippen molar-refractivity contribution in [3.8, 4) is 5.75 Å². The standard InChI is InChI=1S/C30H32F5NO4/c1-27(26(38)39)11-9-19(10-12-27)25(37)36-14-13-29(16-18-3-6-21(31)7-4-18)22-8-5-20(28(2,32)30(33,34)35)15-23(22)40-17-24(29)36/h3-8,15,19,24H,9-14,16-17H2,1-2H3,(H,38,39)/t19-,24?,27-,28?,29?. The molecule has 1 N–H and O–H groups in total. The summed E-state index contributed by atoms with van der Waals surface area (Å²) >= 11 is 0. The highest BCUT2D eigenvalue weighted by molar-refractivity contribution is 5.81. The molecule has 1 amide bonds. The molecule has 0 bridgehead atoms. The molecule has 5 rings (SSSR count). The number of carbonyl (C=O) groups excluding carboxylic acids is 1. The summed E-state index contributed by atoms with van der Waals surface area (Å²) in [6.45, 7) is 2.56. The molecular formula is C30H32F5NO4. The Bertz CT molecular complexity index is 1300. The number of ether oxygens (including phenoxy) is 1. The summed E-state index contributed by atoms with van der Waals surface area (Å²) < 4.78 is 74.8. The van der Waals surface area contributed by atoms with E-state index in [1.165, 1.54) is 18.2 Å². The molecule has 2 aromatic carbocycles. The minimum atomic E-state index is -5.11. The van der Waals surface area contributed by atoms with E-state index in [0.29, 0.717) is 57.6 Å². The van der Waals surface area contributed by atoms with Gasteiger partial charge in [-0.25, -0.2) is 8.78 Å². The molecular weight excluding hydrogens is 533 g/mol. The van der Waals surface area contributed by atoms with Crippen LogP contribution in [0.15, 0.2) is 42.5 Å². The number of rotatable bonds is 5. The number of carboxylic acid groups (broad SMARTS) is 1. The van der Waals surface area contributed by atoms with Crippen LogP contribution in [0.25, 0.3) is 0 Å². The first-order chi connectivity index (χ1) is 18.7. The van der Waals surface area contributed by atoms with Crippen molar-refractivity contribution in [2.24, 2.45) is 11.3 Å². The second kappa shape index (κ2) is 9.73. The fourth-order valence-electron chi connectivity index (χ4n) is 6.66. The van der Waals surface area contributed by atoms with Gasteiger partial charge in [0.1, 0.15) is 18.2 Å². The lowest BCUT2D eigenvalue weighted by Crippen LogP contribution is -2.53. The zero-order chi connectivity index (χ0) is 29.1. The van der Waals surface area contributed by atoms with Gasteiger partial charge in [0.2, 0.25) is 11.6 Å². The summed E-state index contributed by atoms with van der Waals surface area (Å²) in [6, 6.07) is 9.21. The number of alkyl halides is 4. The average molecular weight is 566 g/mol. The zero-order valence-corrected chi connectivity index (χ0v) is 22.4. The molecule has 3 atom stereocenters. The smallest absolute Gasteiger partial charge is 0.426 e. The molecule has 1 aliphatic carbocycles. The summed E-state index contributed by atoms with van der Waals surface area (Å²) in [6.07, 6.45) is -2.57. The molecule has 1 saturated heterocycles. The van der Waals surface area contributed by atoms with E-state index in [-0.39, 0.29) is 24.2 Å². The number of hydrogen-bond acceptors (Lipinski definition) is 3. The van der Waals surface area contributed by atoms with Gasteiger partial charge in [0.15, 0.2) is 0 Å². The Labute approximate surface area is 229 Å². The second-order valence-electron chi connectivity index (χ2n) is 11.9. The van der Waals surface area contributed by atoms with E-state index < -0.39 is 46.1 Å². The topological polar surface area (TPSA) is 66.8 Å². The molecule has 10 heteroatoms. The monoisotopic (exact) mass is 565 g/mol. The van der Waals surface area contributed by atoms with E-state index in [9.17, 15) is 36.6 Å². The number of likely N-dealkylation sites (tertiary alicyclic amines) is 1. The molecule has 5 nitrogen and oxygen atoms in total. The summed E-state index contributed by atoms with van der Waals surface area (Å²) in [5, 5.41) is 9.57. The average Bonchev–Trinajstić information content (AvgIpc) is 3.28. The van der Waals surface area contributed by atoms with E-state index in [1.54, 1.807) is 24.0 Å². The van der Waals surface area contributed by atoms with Crippen LogP contribution in [0.1, 0.15) is 62.6 Å². The van der Waals surface area contributed by atoms with E-state index in [4.69, 9.17) is 4.74 Å². The number of halogens is 5. The normalized spacial score (nSPS) is 29.6. The Morgan fingerprint density at radius 3 is 2.30 bits per heavy atom. The number of fused-ring (bicyclic) bond motifs is 3. The van der Waals surface area contributed by atoms with Crippen molar-refractivity contribution in [2.45, 2.75) is 75.7 Å². The van der Waals surface area contributed by atoms with Crippen molar-refractivity contribution in [1.82, 2.24) is 4.90 Å². The van der Waals surface area contributed by atoms with Crippen LogP contribution in [-0.2, 0) is 27.1 Å². The number of nitrogens with zero attached hydrogens (tertiary/aromatic N) is 1. The maximum atomic E-state index is 14.8. The van der Waals surface area contributed by atoms with Gasteiger partial charge in [0.25, 0.3) is 0 Å². The minimum Gasteiger partial charge on any atom is -0.491 e. The summed E-state index contributed by atoms with van der Waals surface area (Å²) in [5.41, 5.74) is -4.36. The fraction of sp³-hybridized carbons (Fsp3) is 0.533. The van der Waals surface area contributed by atoms with Crippen LogP contribution in [0.5, 0.6) is 5.75 Å². The third kappa shape index (κ3) is 4.63. The number of aliphatic carboxylic acids is 1. The molecule has 2 fully saturated rings. The van der Waals surface area contributed by atoms with Gasteiger partial charge in [-0.3, -0.25) is 9.59 Å². The Morgan fingerprint density at radius 1 is 1.05 bits per heavy atom. The summed E-state index contributed by atoms with van der Waals surface area (Å²) in [5.74, 6) is -1.55. The van der Waals surface area contributed by atoms with Gasteiger partial charge in [-0.15, -0.1) is 0 Å². The largest absolute Gasteiger partial charge is 0.491 e. The number of hydrogen-bond donors (Lipinski definition) is 1. The molecule has 2 aliphatic heterocycles. The Hall–Kier alpha value is -3.17. The molecule has 2 aromatic rings. The molecule has 1 saturated carbocycles. The summed E-state index contributed by atoms with van der Waals surface area (Å²) in [4.78, 5) is 27.2. The molecule has 216 valence electrons. The first-order valence-corrected chi connectivity index (χ1v) is 13.5. The van der Waals surface area contributed by atoms with E-state index >= 15 is 0 Å². The molecule has 3 unspecified atom stereocenters. The van der Waals surface area contributed by atoms with E-state index in [1.807, 2.05) is 0 Å². The van der Waals surface area contributed by atoms with Crippen LogP contribution in [0.4, 0.5) is 22.0 Å². The first-order valence-electron chi connectivity index (χ1n) is 13.5. The Morgan fingerprint density at radius 2 is 1.70 bits per heavy atom. The van der Waals surface area contributed by atoms with Crippen molar-refractivity contribution in [3.63, 3.8) is 0 Å². The van der Waals surface area contributed by atoms with Gasteiger partial charge in [-0.05, 0) is 76.1 Å². The van der Waals surface area contributed by atoms with Crippen LogP contribution < -0.4 is 4.74 Å². The first kappa shape index (κ1) is 28.4. The van der Waals surface area contributed by atoms with E-state index in [2.05, 4.69) is 0 Å². The number of carbonyl (C=O) groups is 2. The maximum absolute atomic E-state index is 14.8. The predicted molar refractivity (Wildman–Crippen MR) is 136 cm³/mol. The van der Waals surface area contributed by atoms with Gasteiger partial charge in [0.05, 0.1) is 11.5 Å².